The van der Waals surface area contributed by atoms with Crippen LogP contribution in [0, 0.1) is 17.5 Å². The number of amides is 1. The molecule has 0 aliphatic carbocycles. The van der Waals surface area contributed by atoms with Gasteiger partial charge in [-0.1, -0.05) is 22.9 Å². The van der Waals surface area contributed by atoms with E-state index in [4.69, 9.17) is 5.11 Å². The van der Waals surface area contributed by atoms with Crippen molar-refractivity contribution in [2.75, 3.05) is 0 Å². The van der Waals surface area contributed by atoms with Crippen molar-refractivity contribution in [3.05, 3.63) is 29.1 Å². The molecule has 0 saturated carbocycles. The highest BCUT2D eigenvalue weighted by Crippen LogP contribution is 2.25. The molecule has 7 heteroatoms. The van der Waals surface area contributed by atoms with Gasteiger partial charge in [0.25, 0.3) is 5.91 Å². The molecule has 1 amide bonds. The molecule has 2 atom stereocenters. The first-order chi connectivity index (χ1) is 8.73. The summed E-state index contributed by atoms with van der Waals surface area (Å²) in [5.74, 6) is -7.07. The van der Waals surface area contributed by atoms with E-state index in [1.54, 1.807) is 6.92 Å². The lowest BCUT2D eigenvalue weighted by atomic mass is 10.1. The maximum Gasteiger partial charge on any atom is 0.254 e. The summed E-state index contributed by atoms with van der Waals surface area (Å²) < 4.78 is 39.4. The maximum atomic E-state index is 13.5. The highest BCUT2D eigenvalue weighted by Gasteiger charge is 2.23. The van der Waals surface area contributed by atoms with E-state index < -0.39 is 34.7 Å². The van der Waals surface area contributed by atoms with Gasteiger partial charge in [0, 0.05) is 10.9 Å². The molecule has 0 spiro atoms. The zero-order valence-corrected chi connectivity index (χ0v) is 11.9. The summed E-state index contributed by atoms with van der Waals surface area (Å²) in [6.07, 6.45) is 0.572. The molecule has 0 fully saturated rings. The minimum atomic E-state index is -1.71. The van der Waals surface area contributed by atoms with Crippen LogP contribution in [0.5, 0.6) is 5.75 Å². The maximum absolute atomic E-state index is 13.5. The number of phenolic OH excluding ortho intramolecular Hbond substituents is 1. The molecule has 0 bridgehead atoms. The Kier molecular flexibility index (Phi) is 5.22. The van der Waals surface area contributed by atoms with Gasteiger partial charge in [0.05, 0.1) is 5.56 Å². The molecular formula is C12H13BrF3NO2. The predicted molar refractivity (Wildman–Crippen MR) is 67.9 cm³/mol. The van der Waals surface area contributed by atoms with E-state index in [0.29, 0.717) is 12.5 Å². The van der Waals surface area contributed by atoms with Gasteiger partial charge in [0.2, 0.25) is 5.82 Å². The van der Waals surface area contributed by atoms with Gasteiger partial charge in [-0.05, 0) is 19.4 Å². The third kappa shape index (κ3) is 3.86. The van der Waals surface area contributed by atoms with Gasteiger partial charge in [-0.3, -0.25) is 4.79 Å². The average Bonchev–Trinajstić information content (AvgIpc) is 2.29. The highest BCUT2D eigenvalue weighted by atomic mass is 79.9. The van der Waals surface area contributed by atoms with E-state index in [1.807, 2.05) is 6.92 Å². The Morgan fingerprint density at radius 1 is 1.37 bits per heavy atom. The number of rotatable bonds is 4. The van der Waals surface area contributed by atoms with Crippen LogP contribution in [0.4, 0.5) is 13.2 Å². The second-order valence-corrected chi connectivity index (χ2v) is 5.84. The number of nitrogens with one attached hydrogen (secondary N) is 1. The monoisotopic (exact) mass is 339 g/mol. The molecule has 3 nitrogen and oxygen atoms in total. The van der Waals surface area contributed by atoms with Gasteiger partial charge >= 0.3 is 0 Å². The van der Waals surface area contributed by atoms with Crippen LogP contribution in [0.25, 0.3) is 0 Å². The SMILES string of the molecule is CC(Br)CC(C)NC(=O)c1cc(F)c(F)c(O)c1F. The number of halogens is 4. The number of carbonyl (C=O) groups excluding carboxylic acids is 1. The van der Waals surface area contributed by atoms with Crippen molar-refractivity contribution in [3.63, 3.8) is 0 Å². The van der Waals surface area contributed by atoms with E-state index >= 15 is 0 Å². The summed E-state index contributed by atoms with van der Waals surface area (Å²) >= 11 is 3.29. The Hall–Kier alpha value is -1.24. The largest absolute Gasteiger partial charge is 0.503 e. The summed E-state index contributed by atoms with van der Waals surface area (Å²) in [7, 11) is 0. The molecule has 0 aliphatic rings. The fraction of sp³-hybridized carbons (Fsp3) is 0.417. The van der Waals surface area contributed by atoms with Crippen molar-refractivity contribution >= 4 is 21.8 Å². The quantitative estimate of drug-likeness (QED) is 0.654. The van der Waals surface area contributed by atoms with Crippen LogP contribution in [0.15, 0.2) is 6.07 Å². The standard InChI is InChI=1S/C12H13BrF3NO2/c1-5(13)3-6(2)17-12(19)7-4-8(14)10(16)11(18)9(7)15/h4-6,18H,3H2,1-2H3,(H,17,19). The van der Waals surface area contributed by atoms with Gasteiger partial charge < -0.3 is 10.4 Å². The highest BCUT2D eigenvalue weighted by molar-refractivity contribution is 9.09. The van der Waals surface area contributed by atoms with Crippen LogP contribution in [0.2, 0.25) is 0 Å². The molecule has 0 heterocycles. The molecule has 1 aromatic carbocycles. The van der Waals surface area contributed by atoms with Crippen molar-refractivity contribution in [2.24, 2.45) is 0 Å². The molecule has 0 aromatic heterocycles. The Bertz CT molecular complexity index is 494. The van der Waals surface area contributed by atoms with E-state index in [0.717, 1.165) is 0 Å². The molecule has 106 valence electrons. The smallest absolute Gasteiger partial charge is 0.254 e. The number of phenols is 1. The first-order valence-corrected chi connectivity index (χ1v) is 6.47. The van der Waals surface area contributed by atoms with Crippen molar-refractivity contribution in [2.45, 2.75) is 31.1 Å². The van der Waals surface area contributed by atoms with Crippen molar-refractivity contribution in [1.29, 1.82) is 0 Å². The van der Waals surface area contributed by atoms with Gasteiger partial charge in [-0.25, -0.2) is 8.78 Å². The average molecular weight is 340 g/mol. The van der Waals surface area contributed by atoms with Gasteiger partial charge in [0.1, 0.15) is 0 Å². The van der Waals surface area contributed by atoms with Gasteiger partial charge in [-0.15, -0.1) is 0 Å². The number of aromatic hydroxyl groups is 1. The number of alkyl halides is 1. The summed E-state index contributed by atoms with van der Waals surface area (Å²) in [4.78, 5) is 11.8. The Labute approximate surface area is 116 Å². The first-order valence-electron chi connectivity index (χ1n) is 5.55. The van der Waals surface area contributed by atoms with Crippen LogP contribution in [-0.2, 0) is 0 Å². The topological polar surface area (TPSA) is 49.3 Å². The Balaban J connectivity index is 2.95. The summed E-state index contributed by atoms with van der Waals surface area (Å²) in [5, 5.41) is 11.5. The first kappa shape index (κ1) is 15.8. The lowest BCUT2D eigenvalue weighted by Crippen LogP contribution is -2.34. The zero-order valence-electron chi connectivity index (χ0n) is 10.3. The molecule has 1 aromatic rings. The van der Waals surface area contributed by atoms with Gasteiger partial charge in [0.15, 0.2) is 17.4 Å². The summed E-state index contributed by atoms with van der Waals surface area (Å²) in [6.45, 7) is 3.56. The van der Waals surface area contributed by atoms with Crippen LogP contribution in [-0.4, -0.2) is 21.9 Å². The zero-order chi connectivity index (χ0) is 14.7. The third-order valence-corrected chi connectivity index (χ3v) is 2.81. The van der Waals surface area contributed by atoms with Gasteiger partial charge in [-0.2, -0.15) is 4.39 Å². The van der Waals surface area contributed by atoms with Crippen molar-refractivity contribution < 1.29 is 23.1 Å². The molecule has 19 heavy (non-hydrogen) atoms. The van der Waals surface area contributed by atoms with Crippen LogP contribution >= 0.6 is 15.9 Å². The normalized spacial score (nSPS) is 14.0. The lowest BCUT2D eigenvalue weighted by Gasteiger charge is -2.15. The number of hydrogen-bond acceptors (Lipinski definition) is 2. The van der Waals surface area contributed by atoms with E-state index in [1.165, 1.54) is 0 Å². The summed E-state index contributed by atoms with van der Waals surface area (Å²) in [5.41, 5.74) is -0.731. The van der Waals surface area contributed by atoms with E-state index in [-0.39, 0.29) is 10.9 Å². The van der Waals surface area contributed by atoms with E-state index in [2.05, 4.69) is 21.2 Å². The molecule has 1 rings (SSSR count). The predicted octanol–water partition coefficient (Wildman–Crippen LogP) is 3.10. The molecule has 0 saturated heterocycles. The molecule has 0 aliphatic heterocycles. The van der Waals surface area contributed by atoms with E-state index in [9.17, 15) is 18.0 Å². The fourth-order valence-electron chi connectivity index (χ4n) is 1.60. The number of benzene rings is 1. The van der Waals surface area contributed by atoms with Crippen molar-refractivity contribution in [3.8, 4) is 5.75 Å². The molecular weight excluding hydrogens is 327 g/mol. The summed E-state index contributed by atoms with van der Waals surface area (Å²) in [6, 6.07) is 0.126. The van der Waals surface area contributed by atoms with Crippen LogP contribution in [0.3, 0.4) is 0 Å². The molecule has 2 N–H and O–H groups in total. The minimum absolute atomic E-state index is 0.131. The number of hydrogen-bond donors (Lipinski definition) is 2. The molecule has 0 radical (unpaired) electrons. The fourth-order valence-corrected chi connectivity index (χ4v) is 2.16. The minimum Gasteiger partial charge on any atom is -0.503 e. The Morgan fingerprint density at radius 3 is 2.47 bits per heavy atom. The second-order valence-electron chi connectivity index (χ2n) is 4.27. The van der Waals surface area contributed by atoms with Crippen LogP contribution < -0.4 is 5.32 Å². The Morgan fingerprint density at radius 2 is 1.95 bits per heavy atom. The van der Waals surface area contributed by atoms with Crippen LogP contribution in [0.1, 0.15) is 30.6 Å². The lowest BCUT2D eigenvalue weighted by molar-refractivity contribution is 0.0933. The number of carbonyl (C=O) groups is 1. The second kappa shape index (κ2) is 6.27. The van der Waals surface area contributed by atoms with Crippen molar-refractivity contribution in [1.82, 2.24) is 5.32 Å². The molecule has 2 unspecified atom stereocenters. The third-order valence-electron chi connectivity index (χ3n) is 2.43.